The second-order valence-corrected chi connectivity index (χ2v) is 6.38. The summed E-state index contributed by atoms with van der Waals surface area (Å²) in [6.07, 6.45) is 6.86. The number of amides is 2. The van der Waals surface area contributed by atoms with E-state index in [2.05, 4.69) is 5.32 Å². The molecule has 1 aromatic rings. The molecule has 3 rings (SSSR count). The molecule has 1 aliphatic heterocycles. The molecule has 5 nitrogen and oxygen atoms in total. The van der Waals surface area contributed by atoms with Crippen molar-refractivity contribution in [2.24, 2.45) is 0 Å². The van der Waals surface area contributed by atoms with Crippen LogP contribution in [0.1, 0.15) is 44.6 Å². The lowest BCUT2D eigenvalue weighted by Crippen LogP contribution is -2.25. The topological polar surface area (TPSA) is 58.6 Å². The van der Waals surface area contributed by atoms with Crippen LogP contribution in [0.25, 0.3) is 0 Å². The molecule has 1 aromatic carbocycles. The smallest absolute Gasteiger partial charge is 0.250 e. The van der Waals surface area contributed by atoms with Gasteiger partial charge in [-0.15, -0.1) is 0 Å². The minimum atomic E-state index is -0.114. The van der Waals surface area contributed by atoms with Crippen molar-refractivity contribution < 1.29 is 14.3 Å². The Morgan fingerprint density at radius 1 is 1.26 bits per heavy atom. The number of anilines is 2. The Labute approximate surface area is 137 Å². The summed E-state index contributed by atoms with van der Waals surface area (Å²) >= 11 is 0. The monoisotopic (exact) mass is 316 g/mol. The number of carbonyl (C=O) groups excluding carboxylic acids is 2. The number of rotatable bonds is 4. The zero-order valence-electron chi connectivity index (χ0n) is 13.6. The molecule has 0 atom stereocenters. The lowest BCUT2D eigenvalue weighted by Gasteiger charge is -2.21. The van der Waals surface area contributed by atoms with Crippen LogP contribution in [0.4, 0.5) is 11.4 Å². The van der Waals surface area contributed by atoms with Gasteiger partial charge in [0, 0.05) is 24.8 Å². The fourth-order valence-corrected chi connectivity index (χ4v) is 3.43. The number of benzene rings is 1. The first kappa shape index (κ1) is 16.0. The van der Waals surface area contributed by atoms with Crippen molar-refractivity contribution in [1.82, 2.24) is 0 Å². The third-order valence-corrected chi connectivity index (χ3v) is 4.64. The van der Waals surface area contributed by atoms with E-state index in [0.29, 0.717) is 6.54 Å². The number of nitrogens with zero attached hydrogens (tertiary/aromatic N) is 1. The van der Waals surface area contributed by atoms with Crippen molar-refractivity contribution in [2.75, 3.05) is 23.4 Å². The fourth-order valence-electron chi connectivity index (χ4n) is 3.43. The zero-order chi connectivity index (χ0) is 16.2. The summed E-state index contributed by atoms with van der Waals surface area (Å²) in [5, 5.41) is 2.89. The maximum Gasteiger partial charge on any atom is 0.250 e. The van der Waals surface area contributed by atoms with Crippen molar-refractivity contribution in [3.8, 4) is 0 Å². The van der Waals surface area contributed by atoms with Gasteiger partial charge in [0.1, 0.15) is 6.61 Å². The summed E-state index contributed by atoms with van der Waals surface area (Å²) in [4.78, 5) is 25.3. The molecule has 0 saturated heterocycles. The molecular weight excluding hydrogens is 292 g/mol. The van der Waals surface area contributed by atoms with Gasteiger partial charge >= 0.3 is 0 Å². The normalized spacial score (nSPS) is 17.9. The molecule has 23 heavy (non-hydrogen) atoms. The van der Waals surface area contributed by atoms with Gasteiger partial charge in [-0.3, -0.25) is 9.59 Å². The van der Waals surface area contributed by atoms with Gasteiger partial charge < -0.3 is 15.0 Å². The van der Waals surface area contributed by atoms with Crippen LogP contribution in [0.15, 0.2) is 18.2 Å². The molecule has 124 valence electrons. The maximum absolute atomic E-state index is 12.0. The average Bonchev–Trinajstić information content (AvgIpc) is 2.97. The van der Waals surface area contributed by atoms with Gasteiger partial charge in [-0.05, 0) is 43.0 Å². The van der Waals surface area contributed by atoms with E-state index in [1.54, 1.807) is 11.8 Å². The molecule has 1 N–H and O–H groups in total. The van der Waals surface area contributed by atoms with Crippen molar-refractivity contribution in [2.45, 2.75) is 51.6 Å². The summed E-state index contributed by atoms with van der Waals surface area (Å²) in [5.41, 5.74) is 2.83. The number of hydrogen-bond acceptors (Lipinski definition) is 3. The van der Waals surface area contributed by atoms with Gasteiger partial charge in [0.05, 0.1) is 6.10 Å². The van der Waals surface area contributed by atoms with Gasteiger partial charge in [0.15, 0.2) is 0 Å². The molecule has 1 saturated carbocycles. The number of nitrogens with one attached hydrogen (secondary N) is 1. The maximum atomic E-state index is 12.0. The molecule has 0 unspecified atom stereocenters. The summed E-state index contributed by atoms with van der Waals surface area (Å²) < 4.78 is 5.69. The standard InChI is InChI=1S/C18H24N2O3/c1-13(21)20-10-9-14-11-15(7-8-17(14)20)19-18(22)12-23-16-5-3-2-4-6-16/h7-8,11,16H,2-6,9-10,12H2,1H3,(H,19,22). The number of fused-ring (bicyclic) bond motifs is 1. The van der Waals surface area contributed by atoms with E-state index in [-0.39, 0.29) is 24.5 Å². The summed E-state index contributed by atoms with van der Waals surface area (Å²) in [7, 11) is 0. The lowest BCUT2D eigenvalue weighted by molar-refractivity contribution is -0.123. The second kappa shape index (κ2) is 7.13. The summed E-state index contributed by atoms with van der Waals surface area (Å²) in [6, 6.07) is 5.71. The molecule has 0 radical (unpaired) electrons. The van der Waals surface area contributed by atoms with Gasteiger partial charge in [-0.2, -0.15) is 0 Å². The molecule has 1 fully saturated rings. The van der Waals surface area contributed by atoms with E-state index in [0.717, 1.165) is 36.2 Å². The molecule has 1 aliphatic carbocycles. The predicted octanol–water partition coefficient (Wildman–Crippen LogP) is 2.88. The van der Waals surface area contributed by atoms with Crippen LogP contribution in [-0.2, 0) is 20.7 Å². The van der Waals surface area contributed by atoms with E-state index in [1.807, 2.05) is 18.2 Å². The first-order chi connectivity index (χ1) is 11.1. The van der Waals surface area contributed by atoms with E-state index in [9.17, 15) is 9.59 Å². The number of ether oxygens (including phenoxy) is 1. The van der Waals surface area contributed by atoms with Crippen LogP contribution >= 0.6 is 0 Å². The first-order valence-corrected chi connectivity index (χ1v) is 8.46. The highest BCUT2D eigenvalue weighted by atomic mass is 16.5. The van der Waals surface area contributed by atoms with Crippen LogP contribution in [-0.4, -0.2) is 31.1 Å². The summed E-state index contributed by atoms with van der Waals surface area (Å²) in [6.45, 7) is 2.40. The Morgan fingerprint density at radius 3 is 2.78 bits per heavy atom. The zero-order valence-corrected chi connectivity index (χ0v) is 13.6. The minimum Gasteiger partial charge on any atom is -0.368 e. The van der Waals surface area contributed by atoms with E-state index in [1.165, 1.54) is 19.3 Å². The van der Waals surface area contributed by atoms with Crippen molar-refractivity contribution in [1.29, 1.82) is 0 Å². The van der Waals surface area contributed by atoms with Crippen LogP contribution in [0.3, 0.4) is 0 Å². The Hall–Kier alpha value is -1.88. The molecule has 5 heteroatoms. The molecule has 2 aliphatic rings. The second-order valence-electron chi connectivity index (χ2n) is 6.38. The SMILES string of the molecule is CC(=O)N1CCc2cc(NC(=O)COC3CCCCC3)ccc21. The molecule has 2 amide bonds. The Bertz CT molecular complexity index is 594. The Balaban J connectivity index is 1.54. The van der Waals surface area contributed by atoms with Crippen molar-refractivity contribution in [3.63, 3.8) is 0 Å². The highest BCUT2D eigenvalue weighted by Crippen LogP contribution is 2.30. The van der Waals surface area contributed by atoms with Crippen molar-refractivity contribution >= 4 is 23.2 Å². The van der Waals surface area contributed by atoms with E-state index >= 15 is 0 Å². The van der Waals surface area contributed by atoms with Crippen LogP contribution in [0, 0.1) is 0 Å². The van der Waals surface area contributed by atoms with Gasteiger partial charge in [0.2, 0.25) is 11.8 Å². The van der Waals surface area contributed by atoms with E-state index < -0.39 is 0 Å². The first-order valence-electron chi connectivity index (χ1n) is 8.46. The van der Waals surface area contributed by atoms with Gasteiger partial charge in [-0.25, -0.2) is 0 Å². The third-order valence-electron chi connectivity index (χ3n) is 4.64. The summed E-state index contributed by atoms with van der Waals surface area (Å²) in [5.74, 6) is -0.0571. The van der Waals surface area contributed by atoms with Crippen LogP contribution < -0.4 is 10.2 Å². The highest BCUT2D eigenvalue weighted by Gasteiger charge is 2.22. The fraction of sp³-hybridized carbons (Fsp3) is 0.556. The van der Waals surface area contributed by atoms with Gasteiger partial charge in [-0.1, -0.05) is 19.3 Å². The average molecular weight is 316 g/mol. The molecule has 0 bridgehead atoms. The molecular formula is C18H24N2O3. The van der Waals surface area contributed by atoms with Crippen molar-refractivity contribution in [3.05, 3.63) is 23.8 Å². The lowest BCUT2D eigenvalue weighted by atomic mass is 9.98. The Kier molecular flexibility index (Phi) is 4.96. The number of carbonyl (C=O) groups is 2. The number of hydrogen-bond donors (Lipinski definition) is 1. The highest BCUT2D eigenvalue weighted by molar-refractivity contribution is 5.95. The quantitative estimate of drug-likeness (QED) is 0.929. The predicted molar refractivity (Wildman–Crippen MR) is 89.6 cm³/mol. The third kappa shape index (κ3) is 3.91. The van der Waals surface area contributed by atoms with E-state index in [4.69, 9.17) is 4.74 Å². The van der Waals surface area contributed by atoms with Crippen LogP contribution in [0.5, 0.6) is 0 Å². The Morgan fingerprint density at radius 2 is 2.04 bits per heavy atom. The minimum absolute atomic E-state index is 0.0569. The van der Waals surface area contributed by atoms with Gasteiger partial charge in [0.25, 0.3) is 0 Å². The van der Waals surface area contributed by atoms with Crippen LogP contribution in [0.2, 0.25) is 0 Å². The molecule has 0 aromatic heterocycles. The molecule has 1 heterocycles. The largest absolute Gasteiger partial charge is 0.368 e. The molecule has 0 spiro atoms.